The minimum atomic E-state index is -0.389. The van der Waals surface area contributed by atoms with Crippen molar-refractivity contribution >= 4 is 12.4 Å². The zero-order valence-corrected chi connectivity index (χ0v) is 12.0. The summed E-state index contributed by atoms with van der Waals surface area (Å²) in [6.07, 6.45) is 4.34. The van der Waals surface area contributed by atoms with Crippen LogP contribution in [0.25, 0.3) is 0 Å². The normalized spacial score (nSPS) is 19.3. The fourth-order valence-electron chi connectivity index (χ4n) is 2.76. The predicted octanol–water partition coefficient (Wildman–Crippen LogP) is 3.28. The molecule has 102 valence electrons. The van der Waals surface area contributed by atoms with Crippen LogP contribution in [0.3, 0.4) is 0 Å². The molecule has 2 rings (SSSR count). The van der Waals surface area contributed by atoms with E-state index in [1.807, 2.05) is 6.07 Å². The molecular formula is C15H24ClNO. The SMILES string of the molecule is Cc1ccc([C@H](N)[C@H](O)C2CCCC2)cc1C.Cl. The lowest BCUT2D eigenvalue weighted by Gasteiger charge is -2.25. The highest BCUT2D eigenvalue weighted by molar-refractivity contribution is 5.85. The molecule has 18 heavy (non-hydrogen) atoms. The van der Waals surface area contributed by atoms with E-state index in [9.17, 15) is 5.11 Å². The Morgan fingerprint density at radius 2 is 1.78 bits per heavy atom. The lowest BCUT2D eigenvalue weighted by Crippen LogP contribution is -2.32. The maximum atomic E-state index is 10.3. The van der Waals surface area contributed by atoms with E-state index in [1.54, 1.807) is 0 Å². The van der Waals surface area contributed by atoms with Gasteiger partial charge in [0.15, 0.2) is 0 Å². The zero-order chi connectivity index (χ0) is 12.4. The van der Waals surface area contributed by atoms with Crippen molar-refractivity contribution < 1.29 is 5.11 Å². The van der Waals surface area contributed by atoms with E-state index >= 15 is 0 Å². The van der Waals surface area contributed by atoms with Crippen LogP contribution in [0.2, 0.25) is 0 Å². The highest BCUT2D eigenvalue weighted by Crippen LogP contribution is 2.32. The molecule has 1 aliphatic rings. The van der Waals surface area contributed by atoms with Crippen molar-refractivity contribution in [2.75, 3.05) is 0 Å². The second kappa shape index (κ2) is 6.55. The number of hydrogen-bond donors (Lipinski definition) is 2. The van der Waals surface area contributed by atoms with E-state index in [4.69, 9.17) is 5.73 Å². The van der Waals surface area contributed by atoms with Gasteiger partial charge in [-0.25, -0.2) is 0 Å². The molecule has 0 heterocycles. The van der Waals surface area contributed by atoms with E-state index < -0.39 is 0 Å². The van der Waals surface area contributed by atoms with E-state index in [0.717, 1.165) is 18.4 Å². The van der Waals surface area contributed by atoms with Crippen LogP contribution in [0.15, 0.2) is 18.2 Å². The van der Waals surface area contributed by atoms with Gasteiger partial charge in [-0.2, -0.15) is 0 Å². The fraction of sp³-hybridized carbons (Fsp3) is 0.600. The van der Waals surface area contributed by atoms with Crippen molar-refractivity contribution in [3.05, 3.63) is 34.9 Å². The quantitative estimate of drug-likeness (QED) is 0.885. The summed E-state index contributed by atoms with van der Waals surface area (Å²) >= 11 is 0. The van der Waals surface area contributed by atoms with Crippen molar-refractivity contribution in [3.8, 4) is 0 Å². The first-order valence-electron chi connectivity index (χ1n) is 6.60. The van der Waals surface area contributed by atoms with Gasteiger partial charge in [0.05, 0.1) is 12.1 Å². The van der Waals surface area contributed by atoms with Crippen LogP contribution < -0.4 is 5.73 Å². The molecule has 0 aromatic heterocycles. The number of aliphatic hydroxyl groups excluding tert-OH is 1. The highest BCUT2D eigenvalue weighted by atomic mass is 35.5. The Balaban J connectivity index is 0.00000162. The van der Waals surface area contributed by atoms with E-state index in [2.05, 4.69) is 26.0 Å². The van der Waals surface area contributed by atoms with Gasteiger partial charge < -0.3 is 10.8 Å². The predicted molar refractivity (Wildman–Crippen MR) is 78.1 cm³/mol. The molecule has 0 aliphatic heterocycles. The minimum absolute atomic E-state index is 0. The average molecular weight is 270 g/mol. The average Bonchev–Trinajstić information content (AvgIpc) is 2.84. The Morgan fingerprint density at radius 3 is 2.33 bits per heavy atom. The first kappa shape index (κ1) is 15.5. The van der Waals surface area contributed by atoms with E-state index in [0.29, 0.717) is 5.92 Å². The van der Waals surface area contributed by atoms with Crippen LogP contribution in [-0.2, 0) is 0 Å². The van der Waals surface area contributed by atoms with Crippen molar-refractivity contribution in [1.29, 1.82) is 0 Å². The van der Waals surface area contributed by atoms with Gasteiger partial charge >= 0.3 is 0 Å². The van der Waals surface area contributed by atoms with Crippen LogP contribution in [0, 0.1) is 19.8 Å². The zero-order valence-electron chi connectivity index (χ0n) is 11.2. The lowest BCUT2D eigenvalue weighted by molar-refractivity contribution is 0.0845. The smallest absolute Gasteiger partial charge is 0.0760 e. The largest absolute Gasteiger partial charge is 0.391 e. The van der Waals surface area contributed by atoms with E-state index in [-0.39, 0.29) is 24.6 Å². The Hall–Kier alpha value is -0.570. The number of benzene rings is 1. The van der Waals surface area contributed by atoms with E-state index in [1.165, 1.54) is 24.0 Å². The second-order valence-corrected chi connectivity index (χ2v) is 5.40. The van der Waals surface area contributed by atoms with Gasteiger partial charge in [-0.05, 0) is 49.3 Å². The standard InChI is InChI=1S/C15H23NO.ClH/c1-10-7-8-13(9-11(10)2)14(16)15(17)12-5-3-4-6-12;/h7-9,12,14-15,17H,3-6,16H2,1-2H3;1H/t14-,15+;/m0./s1. The van der Waals surface area contributed by atoms with Crippen LogP contribution in [0.1, 0.15) is 48.4 Å². The van der Waals surface area contributed by atoms with Crippen LogP contribution in [-0.4, -0.2) is 11.2 Å². The second-order valence-electron chi connectivity index (χ2n) is 5.40. The topological polar surface area (TPSA) is 46.2 Å². The van der Waals surface area contributed by atoms with Crippen molar-refractivity contribution in [2.24, 2.45) is 11.7 Å². The minimum Gasteiger partial charge on any atom is -0.391 e. The van der Waals surface area contributed by atoms with Gasteiger partial charge in [0.1, 0.15) is 0 Å². The van der Waals surface area contributed by atoms with Gasteiger partial charge in [-0.1, -0.05) is 31.0 Å². The monoisotopic (exact) mass is 269 g/mol. The van der Waals surface area contributed by atoms with Crippen LogP contribution >= 0.6 is 12.4 Å². The molecule has 1 fully saturated rings. The van der Waals surface area contributed by atoms with Gasteiger partial charge in [0.2, 0.25) is 0 Å². The Bertz CT molecular complexity index is 388. The first-order valence-corrected chi connectivity index (χ1v) is 6.60. The summed E-state index contributed by atoms with van der Waals surface area (Å²) in [6.45, 7) is 4.19. The summed E-state index contributed by atoms with van der Waals surface area (Å²) < 4.78 is 0. The number of halogens is 1. The van der Waals surface area contributed by atoms with Gasteiger partial charge in [-0.3, -0.25) is 0 Å². The third-order valence-electron chi connectivity index (χ3n) is 4.17. The molecule has 0 amide bonds. The molecular weight excluding hydrogens is 246 g/mol. The summed E-state index contributed by atoms with van der Waals surface area (Å²) in [5.41, 5.74) is 9.77. The number of hydrogen-bond acceptors (Lipinski definition) is 2. The van der Waals surface area contributed by atoms with Crippen LogP contribution in [0.4, 0.5) is 0 Å². The maximum Gasteiger partial charge on any atom is 0.0760 e. The number of aliphatic hydroxyl groups is 1. The lowest BCUT2D eigenvalue weighted by atomic mass is 9.90. The number of rotatable bonds is 3. The molecule has 2 atom stereocenters. The van der Waals surface area contributed by atoms with Crippen molar-refractivity contribution in [1.82, 2.24) is 0 Å². The molecule has 1 saturated carbocycles. The van der Waals surface area contributed by atoms with Crippen molar-refractivity contribution in [3.63, 3.8) is 0 Å². The molecule has 0 saturated heterocycles. The number of aryl methyl sites for hydroxylation is 2. The van der Waals surface area contributed by atoms with Crippen molar-refractivity contribution in [2.45, 2.75) is 51.7 Å². The molecule has 0 radical (unpaired) electrons. The van der Waals surface area contributed by atoms with Crippen LogP contribution in [0.5, 0.6) is 0 Å². The molecule has 3 heteroatoms. The Morgan fingerprint density at radius 1 is 1.17 bits per heavy atom. The number of nitrogens with two attached hydrogens (primary N) is 1. The fourth-order valence-corrected chi connectivity index (χ4v) is 2.76. The van der Waals surface area contributed by atoms with Gasteiger partial charge in [0.25, 0.3) is 0 Å². The summed E-state index contributed by atoms with van der Waals surface area (Å²) in [7, 11) is 0. The van der Waals surface area contributed by atoms with Gasteiger partial charge in [-0.15, -0.1) is 12.4 Å². The third-order valence-corrected chi connectivity index (χ3v) is 4.17. The first-order chi connectivity index (χ1) is 8.09. The molecule has 3 N–H and O–H groups in total. The molecule has 2 nitrogen and oxygen atoms in total. The summed E-state index contributed by atoms with van der Waals surface area (Å²) in [5, 5.41) is 10.3. The summed E-state index contributed by atoms with van der Waals surface area (Å²) in [6, 6.07) is 6.01. The molecule has 1 aliphatic carbocycles. The highest BCUT2D eigenvalue weighted by Gasteiger charge is 2.28. The molecule has 0 unspecified atom stereocenters. The molecule has 1 aromatic rings. The summed E-state index contributed by atoms with van der Waals surface area (Å²) in [5.74, 6) is 0.395. The molecule has 0 bridgehead atoms. The molecule has 0 spiro atoms. The third kappa shape index (κ3) is 3.25. The summed E-state index contributed by atoms with van der Waals surface area (Å²) in [4.78, 5) is 0. The Kier molecular flexibility index (Phi) is 5.64. The molecule has 1 aromatic carbocycles. The van der Waals surface area contributed by atoms with Gasteiger partial charge in [0, 0.05) is 0 Å². The maximum absolute atomic E-state index is 10.3. The Labute approximate surface area is 116 Å².